The van der Waals surface area contributed by atoms with Gasteiger partial charge >= 0.3 is 0 Å². The predicted molar refractivity (Wildman–Crippen MR) is 43.1 cm³/mol. The van der Waals surface area contributed by atoms with Crippen molar-refractivity contribution in [1.29, 1.82) is 0 Å². The number of hydrogen-bond donors (Lipinski definition) is 1. The van der Waals surface area contributed by atoms with E-state index in [1.54, 1.807) is 0 Å². The molecule has 0 aliphatic carbocycles. The molecule has 0 unspecified atom stereocenters. The molecule has 0 heterocycles. The molecule has 0 aliphatic rings. The zero-order valence-electron chi connectivity index (χ0n) is 6.80. The van der Waals surface area contributed by atoms with Crippen molar-refractivity contribution in [3.05, 3.63) is 20.9 Å². The summed E-state index contributed by atoms with van der Waals surface area (Å²) in [6, 6.07) is 0. The Labute approximate surface area is 68.8 Å². The molecule has 0 saturated heterocycles. The lowest BCUT2D eigenvalue weighted by atomic mass is 10.6. The lowest BCUT2D eigenvalue weighted by Gasteiger charge is -1.87. The molecule has 8 heteroatoms. The number of carbonyl (C=O) groups excluding carboxylic acids is 1. The van der Waals surface area contributed by atoms with E-state index >= 15 is 0 Å². The molecule has 0 aromatic heterocycles. The third-order valence-electron chi connectivity index (χ3n) is 0.646. The molecule has 0 aliphatic heterocycles. The zero-order chi connectivity index (χ0) is 9.82. The molecule has 0 fully saturated rings. The maximum absolute atomic E-state index is 10.2. The van der Waals surface area contributed by atoms with Crippen molar-refractivity contribution >= 4 is 5.91 Å². The molecule has 8 nitrogen and oxygen atoms in total. The quantitative estimate of drug-likeness (QED) is 0.370. The van der Waals surface area contributed by atoms with Gasteiger partial charge in [-0.15, -0.1) is 0 Å². The van der Waals surface area contributed by atoms with E-state index in [1.165, 1.54) is 14.1 Å². The zero-order valence-corrected chi connectivity index (χ0v) is 6.80. The molecule has 0 rings (SSSR count). The van der Waals surface area contributed by atoms with Gasteiger partial charge in [0, 0.05) is 23.9 Å². The standard InChI is InChI=1S/C3H6N4O.CH3N3/c1-5-3(8)2-6-7-4;1-3-4-2/h2H2,1H3,(H,5,8);1H3. The van der Waals surface area contributed by atoms with Gasteiger partial charge in [-0.3, -0.25) is 4.79 Å². The molecular formula is C4H9N7O. The molecule has 12 heavy (non-hydrogen) atoms. The van der Waals surface area contributed by atoms with Crippen molar-refractivity contribution in [1.82, 2.24) is 5.32 Å². The van der Waals surface area contributed by atoms with E-state index in [4.69, 9.17) is 11.1 Å². The van der Waals surface area contributed by atoms with Crippen LogP contribution in [-0.4, -0.2) is 26.5 Å². The molecule has 0 saturated carbocycles. The molecule has 0 spiro atoms. The van der Waals surface area contributed by atoms with Crippen LogP contribution >= 0.6 is 0 Å². The minimum absolute atomic E-state index is 0.118. The van der Waals surface area contributed by atoms with Crippen molar-refractivity contribution in [3.8, 4) is 0 Å². The van der Waals surface area contributed by atoms with Crippen LogP contribution in [0.25, 0.3) is 20.9 Å². The Morgan fingerprint density at radius 1 is 1.50 bits per heavy atom. The Morgan fingerprint density at radius 3 is 2.25 bits per heavy atom. The number of amides is 1. The smallest absolute Gasteiger partial charge is 0.225 e. The molecule has 0 atom stereocenters. The lowest BCUT2D eigenvalue weighted by Crippen LogP contribution is -2.19. The monoisotopic (exact) mass is 171 g/mol. The van der Waals surface area contributed by atoms with E-state index in [1.807, 2.05) is 0 Å². The Morgan fingerprint density at radius 2 is 2.00 bits per heavy atom. The minimum atomic E-state index is -0.275. The first-order valence-electron chi connectivity index (χ1n) is 2.87. The number of azide groups is 2. The number of hydrogen-bond acceptors (Lipinski definition) is 3. The average Bonchev–Trinajstić information content (AvgIpc) is 2.14. The van der Waals surface area contributed by atoms with Crippen LogP contribution in [0.2, 0.25) is 0 Å². The van der Waals surface area contributed by atoms with Crippen LogP contribution in [0.5, 0.6) is 0 Å². The predicted octanol–water partition coefficient (Wildman–Crippen LogP) is 0.969. The van der Waals surface area contributed by atoms with E-state index in [9.17, 15) is 4.79 Å². The van der Waals surface area contributed by atoms with Crippen molar-refractivity contribution in [2.24, 2.45) is 10.2 Å². The fraction of sp³-hybridized carbons (Fsp3) is 0.750. The lowest BCUT2D eigenvalue weighted by molar-refractivity contribution is -0.119. The number of rotatable bonds is 2. The molecule has 1 amide bonds. The minimum Gasteiger partial charge on any atom is -0.359 e. The van der Waals surface area contributed by atoms with Gasteiger partial charge in [0.1, 0.15) is 6.54 Å². The van der Waals surface area contributed by atoms with Crippen LogP contribution < -0.4 is 5.32 Å². The third-order valence-corrected chi connectivity index (χ3v) is 0.646. The Bertz CT molecular complexity index is 211. The van der Waals surface area contributed by atoms with Crippen LogP contribution in [0.1, 0.15) is 0 Å². The van der Waals surface area contributed by atoms with E-state index < -0.39 is 0 Å². The van der Waals surface area contributed by atoms with Gasteiger partial charge in [-0.25, -0.2) is 0 Å². The highest BCUT2D eigenvalue weighted by Gasteiger charge is 1.89. The summed E-state index contributed by atoms with van der Waals surface area (Å²) in [5, 5.41) is 8.22. The molecule has 0 bridgehead atoms. The molecule has 0 aromatic carbocycles. The summed E-state index contributed by atoms with van der Waals surface area (Å²) in [5.74, 6) is -0.275. The maximum Gasteiger partial charge on any atom is 0.225 e. The molecule has 1 N–H and O–H groups in total. The highest BCUT2D eigenvalue weighted by molar-refractivity contribution is 5.77. The van der Waals surface area contributed by atoms with Gasteiger partial charge < -0.3 is 5.32 Å². The Hall–Kier alpha value is -1.91. The van der Waals surface area contributed by atoms with Crippen molar-refractivity contribution < 1.29 is 4.79 Å². The summed E-state index contributed by atoms with van der Waals surface area (Å²) in [6.07, 6.45) is 0. The Kier molecular flexibility index (Phi) is 12.6. The average molecular weight is 171 g/mol. The van der Waals surface area contributed by atoms with E-state index in [0.717, 1.165) is 0 Å². The largest absolute Gasteiger partial charge is 0.359 e. The summed E-state index contributed by atoms with van der Waals surface area (Å²) < 4.78 is 0. The van der Waals surface area contributed by atoms with E-state index in [2.05, 4.69) is 25.4 Å². The normalized spacial score (nSPS) is 6.17. The summed E-state index contributed by atoms with van der Waals surface area (Å²) in [5.41, 5.74) is 15.0. The van der Waals surface area contributed by atoms with Crippen molar-refractivity contribution in [2.45, 2.75) is 0 Å². The Balaban J connectivity index is 0. The molecule has 0 radical (unpaired) electrons. The highest BCUT2D eigenvalue weighted by atomic mass is 16.1. The van der Waals surface area contributed by atoms with Gasteiger partial charge in [0.2, 0.25) is 5.91 Å². The number of nitrogens with zero attached hydrogens (tertiary/aromatic N) is 6. The van der Waals surface area contributed by atoms with Crippen LogP contribution in [0.15, 0.2) is 10.2 Å². The number of carbonyl (C=O) groups is 1. The van der Waals surface area contributed by atoms with Gasteiger partial charge in [0.25, 0.3) is 0 Å². The van der Waals surface area contributed by atoms with Gasteiger partial charge in [0.15, 0.2) is 0 Å². The second-order valence-corrected chi connectivity index (χ2v) is 1.35. The number of likely N-dealkylation sites (N-methyl/N-ethyl adjacent to an activating group) is 1. The topological polar surface area (TPSA) is 127 Å². The van der Waals surface area contributed by atoms with E-state index in [-0.39, 0.29) is 12.5 Å². The van der Waals surface area contributed by atoms with Crippen molar-refractivity contribution in [3.63, 3.8) is 0 Å². The van der Waals surface area contributed by atoms with Crippen LogP contribution in [0, 0.1) is 0 Å². The first-order chi connectivity index (χ1) is 5.72. The highest BCUT2D eigenvalue weighted by Crippen LogP contribution is 1.68. The maximum atomic E-state index is 10.2. The van der Waals surface area contributed by atoms with Crippen molar-refractivity contribution in [2.75, 3.05) is 20.6 Å². The van der Waals surface area contributed by atoms with Gasteiger partial charge in [-0.2, -0.15) is 0 Å². The fourth-order valence-corrected chi connectivity index (χ4v) is 0.175. The van der Waals surface area contributed by atoms with Crippen LogP contribution in [-0.2, 0) is 4.79 Å². The SMILES string of the molecule is CN=[N+]=[N-].CNC(=O)CN=[N+]=[N-]. The second kappa shape index (κ2) is 11.8. The van der Waals surface area contributed by atoms with Crippen LogP contribution in [0.4, 0.5) is 0 Å². The van der Waals surface area contributed by atoms with Crippen LogP contribution in [0.3, 0.4) is 0 Å². The molecule has 0 aromatic rings. The molecule has 66 valence electrons. The second-order valence-electron chi connectivity index (χ2n) is 1.35. The molecular weight excluding hydrogens is 162 g/mol. The summed E-state index contributed by atoms with van der Waals surface area (Å²) in [4.78, 5) is 14.9. The first kappa shape index (κ1) is 12.7. The fourth-order valence-electron chi connectivity index (χ4n) is 0.175. The first-order valence-corrected chi connectivity index (χ1v) is 2.87. The third kappa shape index (κ3) is 15.7. The van der Waals surface area contributed by atoms with Gasteiger partial charge in [-0.1, -0.05) is 10.2 Å². The summed E-state index contributed by atoms with van der Waals surface area (Å²) in [6.45, 7) is -0.118. The summed E-state index contributed by atoms with van der Waals surface area (Å²) >= 11 is 0. The van der Waals surface area contributed by atoms with Gasteiger partial charge in [-0.05, 0) is 11.1 Å². The number of nitrogens with one attached hydrogen (secondary N) is 1. The van der Waals surface area contributed by atoms with Gasteiger partial charge in [0.05, 0.1) is 0 Å². The summed E-state index contributed by atoms with van der Waals surface area (Å²) in [7, 11) is 2.87. The van der Waals surface area contributed by atoms with E-state index in [0.29, 0.717) is 0 Å².